The van der Waals surface area contributed by atoms with Crippen molar-refractivity contribution in [3.8, 4) is 5.75 Å². The molecule has 0 radical (unpaired) electrons. The van der Waals surface area contributed by atoms with E-state index in [0.717, 1.165) is 19.3 Å². The van der Waals surface area contributed by atoms with Gasteiger partial charge >= 0.3 is 0 Å². The first-order valence-electron chi connectivity index (χ1n) is 13.7. The van der Waals surface area contributed by atoms with Gasteiger partial charge in [-0.2, -0.15) is 4.98 Å². The maximum absolute atomic E-state index is 14.6. The zero-order chi connectivity index (χ0) is 25.6. The number of nitrogens with zero attached hydrogens (tertiary/aromatic N) is 5. The van der Waals surface area contributed by atoms with Crippen LogP contribution in [-0.4, -0.2) is 63.6 Å². The molecule has 2 aromatic rings. The van der Waals surface area contributed by atoms with E-state index in [-0.39, 0.29) is 17.7 Å². The number of hydrogen-bond donors (Lipinski definition) is 2. The van der Waals surface area contributed by atoms with Gasteiger partial charge in [0.2, 0.25) is 5.95 Å². The van der Waals surface area contributed by atoms with Crippen molar-refractivity contribution in [2.75, 3.05) is 41.7 Å². The molecule has 1 aliphatic carbocycles. The van der Waals surface area contributed by atoms with E-state index in [0.29, 0.717) is 48.2 Å². The Morgan fingerprint density at radius 2 is 1.95 bits per heavy atom. The molecule has 4 aliphatic rings. The molecule has 3 aliphatic heterocycles. The van der Waals surface area contributed by atoms with Crippen LogP contribution in [0.15, 0.2) is 18.5 Å². The Balaban J connectivity index is 1.16. The van der Waals surface area contributed by atoms with E-state index in [4.69, 9.17) is 4.74 Å². The predicted octanol–water partition coefficient (Wildman–Crippen LogP) is 4.34. The van der Waals surface area contributed by atoms with Gasteiger partial charge in [-0.3, -0.25) is 9.69 Å². The molecular weight excluding hydrogens is 473 g/mol. The molecule has 2 atom stereocenters. The number of anilines is 4. The molecule has 9 nitrogen and oxygen atoms in total. The van der Waals surface area contributed by atoms with E-state index in [9.17, 15) is 9.18 Å². The SMILES string of the molecule is CC1(C)Oc2cc(Nc3ncc(F)c(NCC4CCCN5CCCCC45)n3)cnc2N(CC2CC2)C1=O. The average molecular weight is 510 g/mol. The Morgan fingerprint density at radius 3 is 2.78 bits per heavy atom. The lowest BCUT2D eigenvalue weighted by atomic mass is 9.83. The number of pyridine rings is 1. The fourth-order valence-electron chi connectivity index (χ4n) is 5.97. The molecule has 0 spiro atoms. The fourth-order valence-corrected chi connectivity index (χ4v) is 5.97. The van der Waals surface area contributed by atoms with Crippen LogP contribution in [0.25, 0.3) is 0 Å². The molecule has 1 amide bonds. The van der Waals surface area contributed by atoms with Crippen LogP contribution < -0.4 is 20.3 Å². The summed E-state index contributed by atoms with van der Waals surface area (Å²) < 4.78 is 20.6. The molecular formula is C27H36FN7O2. The molecule has 198 valence electrons. The Kier molecular flexibility index (Phi) is 6.38. The highest BCUT2D eigenvalue weighted by Crippen LogP contribution is 2.41. The summed E-state index contributed by atoms with van der Waals surface area (Å²) >= 11 is 0. The normalized spacial score (nSPS) is 25.2. The van der Waals surface area contributed by atoms with Crippen LogP contribution in [0, 0.1) is 17.7 Å². The Hall–Kier alpha value is -3.01. The lowest BCUT2D eigenvalue weighted by Crippen LogP contribution is -2.53. The lowest BCUT2D eigenvalue weighted by Gasteiger charge is -2.44. The molecule has 0 aromatic carbocycles. The summed E-state index contributed by atoms with van der Waals surface area (Å²) in [5.41, 5.74) is -0.364. The number of piperidine rings is 2. The van der Waals surface area contributed by atoms with Gasteiger partial charge in [0.15, 0.2) is 28.8 Å². The minimum absolute atomic E-state index is 0.0768. The molecule has 0 bridgehead atoms. The molecule has 1 saturated carbocycles. The third-order valence-electron chi connectivity index (χ3n) is 8.11. The van der Waals surface area contributed by atoms with E-state index < -0.39 is 11.4 Å². The summed E-state index contributed by atoms with van der Waals surface area (Å²) in [5, 5.41) is 6.39. The van der Waals surface area contributed by atoms with Crippen LogP contribution in [0.4, 0.5) is 27.7 Å². The number of amides is 1. The number of carbonyl (C=O) groups is 1. The first-order chi connectivity index (χ1) is 17.9. The van der Waals surface area contributed by atoms with E-state index in [1.54, 1.807) is 31.0 Å². The lowest BCUT2D eigenvalue weighted by molar-refractivity contribution is -0.132. The van der Waals surface area contributed by atoms with Gasteiger partial charge in [0, 0.05) is 25.2 Å². The number of halogens is 1. The van der Waals surface area contributed by atoms with E-state index >= 15 is 0 Å². The van der Waals surface area contributed by atoms with Crippen molar-refractivity contribution in [3.63, 3.8) is 0 Å². The smallest absolute Gasteiger partial charge is 0.271 e. The second-order valence-electron chi connectivity index (χ2n) is 11.4. The van der Waals surface area contributed by atoms with Crippen molar-refractivity contribution in [1.29, 1.82) is 0 Å². The van der Waals surface area contributed by atoms with Crippen molar-refractivity contribution in [1.82, 2.24) is 19.9 Å². The van der Waals surface area contributed by atoms with Crippen molar-refractivity contribution in [2.45, 2.75) is 70.4 Å². The van der Waals surface area contributed by atoms with E-state index in [2.05, 4.69) is 30.5 Å². The highest BCUT2D eigenvalue weighted by atomic mass is 19.1. The summed E-state index contributed by atoms with van der Waals surface area (Å²) in [6.45, 7) is 7.27. The number of nitrogens with one attached hydrogen (secondary N) is 2. The summed E-state index contributed by atoms with van der Waals surface area (Å²) in [6, 6.07) is 2.38. The monoisotopic (exact) mass is 509 g/mol. The minimum Gasteiger partial charge on any atom is -0.474 e. The van der Waals surface area contributed by atoms with Crippen LogP contribution in [0.2, 0.25) is 0 Å². The standard InChI is InChI=1S/C27H36FN7O2/c1-27(2)25(36)35(16-17-8-9-17)24-22(37-27)12-19(14-30-24)32-26-31-15-20(28)23(33-26)29-13-18-6-5-11-34-10-4-3-7-21(18)34/h12,14-15,17-18,21H,3-11,13,16H2,1-2H3,(H2,29,31,32,33). The number of hydrogen-bond acceptors (Lipinski definition) is 8. The summed E-state index contributed by atoms with van der Waals surface area (Å²) in [5.74, 6) is 2.02. The molecule has 2 saturated heterocycles. The van der Waals surface area contributed by atoms with Gasteiger partial charge < -0.3 is 20.3 Å². The molecule has 2 unspecified atom stereocenters. The Labute approximate surface area is 217 Å². The van der Waals surface area contributed by atoms with Gasteiger partial charge in [0.25, 0.3) is 5.91 Å². The number of rotatable bonds is 7. The van der Waals surface area contributed by atoms with Crippen molar-refractivity contribution in [2.24, 2.45) is 11.8 Å². The van der Waals surface area contributed by atoms with Crippen LogP contribution in [-0.2, 0) is 4.79 Å². The first kappa shape index (κ1) is 24.3. The van der Waals surface area contributed by atoms with E-state index in [1.807, 2.05) is 0 Å². The Bertz CT molecular complexity index is 1170. The van der Waals surface area contributed by atoms with Crippen molar-refractivity contribution < 1.29 is 13.9 Å². The molecule has 3 fully saturated rings. The number of aromatic nitrogens is 3. The van der Waals surface area contributed by atoms with E-state index in [1.165, 1.54) is 45.0 Å². The first-order valence-corrected chi connectivity index (χ1v) is 13.7. The molecule has 37 heavy (non-hydrogen) atoms. The van der Waals surface area contributed by atoms with Gasteiger partial charge in [-0.15, -0.1) is 0 Å². The summed E-state index contributed by atoms with van der Waals surface area (Å²) in [7, 11) is 0. The van der Waals surface area contributed by atoms with Crippen LogP contribution >= 0.6 is 0 Å². The Morgan fingerprint density at radius 1 is 1.11 bits per heavy atom. The van der Waals surface area contributed by atoms with Gasteiger partial charge in [-0.05, 0) is 77.3 Å². The highest BCUT2D eigenvalue weighted by molar-refractivity contribution is 6.01. The fraction of sp³-hybridized carbons (Fsp3) is 0.630. The molecule has 6 rings (SSSR count). The zero-order valence-electron chi connectivity index (χ0n) is 21.7. The predicted molar refractivity (Wildman–Crippen MR) is 140 cm³/mol. The van der Waals surface area contributed by atoms with Gasteiger partial charge in [-0.25, -0.2) is 14.4 Å². The number of ether oxygens (including phenoxy) is 1. The van der Waals surface area contributed by atoms with Gasteiger partial charge in [0.1, 0.15) is 0 Å². The van der Waals surface area contributed by atoms with Crippen LogP contribution in [0.5, 0.6) is 5.75 Å². The highest BCUT2D eigenvalue weighted by Gasteiger charge is 2.43. The third-order valence-corrected chi connectivity index (χ3v) is 8.11. The minimum atomic E-state index is -0.974. The topological polar surface area (TPSA) is 95.5 Å². The molecule has 2 aromatic heterocycles. The van der Waals surface area contributed by atoms with Gasteiger partial charge in [0.05, 0.1) is 18.1 Å². The molecule has 5 heterocycles. The van der Waals surface area contributed by atoms with Crippen molar-refractivity contribution in [3.05, 3.63) is 24.3 Å². The van der Waals surface area contributed by atoms with Crippen molar-refractivity contribution >= 4 is 29.2 Å². The largest absolute Gasteiger partial charge is 0.474 e. The molecule has 2 N–H and O–H groups in total. The van der Waals surface area contributed by atoms with Crippen LogP contribution in [0.1, 0.15) is 58.8 Å². The van der Waals surface area contributed by atoms with Gasteiger partial charge in [-0.1, -0.05) is 6.42 Å². The second-order valence-corrected chi connectivity index (χ2v) is 11.4. The zero-order valence-corrected chi connectivity index (χ0v) is 21.7. The maximum atomic E-state index is 14.6. The van der Waals surface area contributed by atoms with Crippen LogP contribution in [0.3, 0.4) is 0 Å². The average Bonchev–Trinajstić information content (AvgIpc) is 3.71. The number of fused-ring (bicyclic) bond motifs is 2. The third kappa shape index (κ3) is 5.08. The molecule has 10 heteroatoms. The quantitative estimate of drug-likeness (QED) is 0.569. The summed E-state index contributed by atoms with van der Waals surface area (Å²) in [4.78, 5) is 30.4. The maximum Gasteiger partial charge on any atom is 0.271 e. The summed E-state index contributed by atoms with van der Waals surface area (Å²) in [6.07, 6.45) is 11.2. The second kappa shape index (κ2) is 9.70. The number of carbonyl (C=O) groups excluding carboxylic acids is 1.